The molecule has 2 N–H and O–H groups in total. The lowest BCUT2D eigenvalue weighted by Gasteiger charge is -2.17. The summed E-state index contributed by atoms with van der Waals surface area (Å²) in [5.41, 5.74) is -5.00. The molecule has 0 amide bonds. The predicted molar refractivity (Wildman–Crippen MR) is 76.8 cm³/mol. The van der Waals surface area contributed by atoms with Gasteiger partial charge in [-0.15, -0.1) is 0 Å². The number of anilines is 1. The van der Waals surface area contributed by atoms with E-state index >= 15 is 0 Å². The van der Waals surface area contributed by atoms with Crippen molar-refractivity contribution in [3.05, 3.63) is 37.9 Å². The molecule has 0 bridgehead atoms. The van der Waals surface area contributed by atoms with E-state index in [4.69, 9.17) is 0 Å². The van der Waals surface area contributed by atoms with E-state index in [1.165, 1.54) is 0 Å². The zero-order valence-electron chi connectivity index (χ0n) is 12.1. The van der Waals surface area contributed by atoms with Crippen LogP contribution in [-0.4, -0.2) is 47.0 Å². The van der Waals surface area contributed by atoms with Gasteiger partial charge < -0.3 is 10.4 Å². The summed E-state index contributed by atoms with van der Waals surface area (Å²) >= 11 is 0. The number of hydrogen-bond acceptors (Lipinski definition) is 8. The number of nitrogens with zero attached hydrogens (tertiary/aromatic N) is 2. The molecule has 1 aliphatic rings. The third-order valence-corrected chi connectivity index (χ3v) is 5.19. The van der Waals surface area contributed by atoms with Gasteiger partial charge in [0, 0.05) is 12.1 Å². The van der Waals surface area contributed by atoms with Gasteiger partial charge in [0.15, 0.2) is 15.5 Å². The predicted octanol–water partition coefficient (Wildman–Crippen LogP) is 1.09. The molecule has 0 saturated carbocycles. The second-order valence-corrected chi connectivity index (χ2v) is 7.45. The molecule has 1 aromatic rings. The number of aliphatic hydroxyl groups excluding tert-OH is 1. The zero-order chi connectivity index (χ0) is 19.2. The number of nitro groups is 2. The normalized spacial score (nSPS) is 22.6. The molecule has 2 unspecified atom stereocenters. The summed E-state index contributed by atoms with van der Waals surface area (Å²) in [7, 11) is -3.69. The van der Waals surface area contributed by atoms with Crippen LogP contribution in [-0.2, 0) is 16.0 Å². The van der Waals surface area contributed by atoms with E-state index < -0.39 is 72.1 Å². The Morgan fingerprint density at radius 2 is 1.60 bits per heavy atom. The molecule has 2 atom stereocenters. The van der Waals surface area contributed by atoms with Crippen molar-refractivity contribution >= 4 is 26.9 Å². The van der Waals surface area contributed by atoms with Gasteiger partial charge in [0.1, 0.15) is 0 Å². The number of aliphatic hydroxyl groups is 1. The summed E-state index contributed by atoms with van der Waals surface area (Å²) in [6, 6.07) is -1.13. The van der Waals surface area contributed by atoms with Crippen LogP contribution in [0.2, 0.25) is 0 Å². The molecule has 1 aromatic carbocycles. The van der Waals surface area contributed by atoms with E-state index in [0.717, 1.165) is 0 Å². The van der Waals surface area contributed by atoms with Crippen LogP contribution in [0.5, 0.6) is 0 Å². The van der Waals surface area contributed by atoms with Gasteiger partial charge in [0.05, 0.1) is 39.1 Å². The van der Waals surface area contributed by atoms with Crippen LogP contribution < -0.4 is 5.32 Å². The highest BCUT2D eigenvalue weighted by Crippen LogP contribution is 2.41. The van der Waals surface area contributed by atoms with E-state index in [1.807, 2.05) is 0 Å². The first-order valence-corrected chi connectivity index (χ1v) is 8.33. The molecule has 10 nitrogen and oxygen atoms in total. The van der Waals surface area contributed by atoms with Crippen molar-refractivity contribution in [1.29, 1.82) is 0 Å². The van der Waals surface area contributed by atoms with Crippen LogP contribution in [0.4, 0.5) is 30.2 Å². The van der Waals surface area contributed by atoms with Crippen molar-refractivity contribution in [2.24, 2.45) is 0 Å². The molecule has 1 fully saturated rings. The SMILES string of the molecule is O=[N+]([O-])c1cc(C(F)(F)F)cc([N+](=O)[O-])c1NC1CS(=O)(=O)CC1O. The fourth-order valence-electron chi connectivity index (χ4n) is 2.36. The first kappa shape index (κ1) is 18.9. The summed E-state index contributed by atoms with van der Waals surface area (Å²) < 4.78 is 61.3. The Morgan fingerprint density at radius 1 is 1.12 bits per heavy atom. The van der Waals surface area contributed by atoms with Gasteiger partial charge in [0.2, 0.25) is 0 Å². The highest BCUT2D eigenvalue weighted by atomic mass is 32.2. The van der Waals surface area contributed by atoms with Gasteiger partial charge in [-0.05, 0) is 0 Å². The van der Waals surface area contributed by atoms with E-state index in [-0.39, 0.29) is 12.1 Å². The van der Waals surface area contributed by atoms with Crippen LogP contribution in [0.25, 0.3) is 0 Å². The van der Waals surface area contributed by atoms with Gasteiger partial charge in [-0.1, -0.05) is 0 Å². The van der Waals surface area contributed by atoms with Gasteiger partial charge in [-0.25, -0.2) is 8.42 Å². The van der Waals surface area contributed by atoms with Crippen molar-refractivity contribution in [2.75, 3.05) is 16.8 Å². The van der Waals surface area contributed by atoms with Crippen LogP contribution in [0.3, 0.4) is 0 Å². The molecule has 2 rings (SSSR count). The Bertz CT molecular complexity index is 805. The van der Waals surface area contributed by atoms with Gasteiger partial charge in [-0.3, -0.25) is 20.2 Å². The summed E-state index contributed by atoms with van der Waals surface area (Å²) in [6.07, 6.45) is -6.59. The second kappa shape index (κ2) is 6.11. The Balaban J connectivity index is 2.59. The van der Waals surface area contributed by atoms with Crippen LogP contribution in [0.15, 0.2) is 12.1 Å². The molecule has 0 spiro atoms. The summed E-state index contributed by atoms with van der Waals surface area (Å²) in [6.45, 7) is 0. The lowest BCUT2D eigenvalue weighted by Crippen LogP contribution is -2.32. The van der Waals surface area contributed by atoms with Gasteiger partial charge in [0.25, 0.3) is 11.4 Å². The van der Waals surface area contributed by atoms with E-state index in [2.05, 4.69) is 5.32 Å². The number of nitrogens with one attached hydrogen (secondary N) is 1. The molecule has 1 heterocycles. The van der Waals surface area contributed by atoms with E-state index in [1.54, 1.807) is 0 Å². The zero-order valence-corrected chi connectivity index (χ0v) is 12.9. The largest absolute Gasteiger partial charge is 0.416 e. The highest BCUT2D eigenvalue weighted by Gasteiger charge is 2.41. The number of rotatable bonds is 4. The Hall–Kier alpha value is -2.48. The first-order valence-electron chi connectivity index (χ1n) is 6.51. The molecule has 1 saturated heterocycles. The monoisotopic (exact) mass is 385 g/mol. The molecule has 1 aliphatic heterocycles. The molecular weight excluding hydrogens is 375 g/mol. The Morgan fingerprint density at radius 3 is 1.92 bits per heavy atom. The third kappa shape index (κ3) is 3.96. The van der Waals surface area contributed by atoms with Gasteiger partial charge >= 0.3 is 6.18 Å². The summed E-state index contributed by atoms with van der Waals surface area (Å²) in [5, 5.41) is 33.9. The Kier molecular flexibility index (Phi) is 4.61. The lowest BCUT2D eigenvalue weighted by atomic mass is 10.1. The van der Waals surface area contributed by atoms with Crippen molar-refractivity contribution in [3.8, 4) is 0 Å². The maximum absolute atomic E-state index is 12.8. The number of hydrogen-bond donors (Lipinski definition) is 2. The van der Waals surface area contributed by atoms with Crippen molar-refractivity contribution in [3.63, 3.8) is 0 Å². The Labute approximate surface area is 137 Å². The lowest BCUT2D eigenvalue weighted by molar-refractivity contribution is -0.392. The standard InChI is InChI=1S/C11H10F3N3O7S/c12-11(13,14)5-1-7(16(19)20)10(8(2-5)17(21)22)15-6-3-25(23,24)4-9(6)18/h1-2,6,9,15,18H,3-4H2. The maximum atomic E-state index is 12.8. The number of sulfone groups is 1. The minimum Gasteiger partial charge on any atom is -0.390 e. The quantitative estimate of drug-likeness (QED) is 0.577. The van der Waals surface area contributed by atoms with Crippen LogP contribution >= 0.6 is 0 Å². The molecular formula is C11H10F3N3O7S. The number of alkyl halides is 3. The maximum Gasteiger partial charge on any atom is 0.416 e. The van der Waals surface area contributed by atoms with Crippen LogP contribution in [0, 0.1) is 20.2 Å². The fraction of sp³-hybridized carbons (Fsp3) is 0.455. The minimum absolute atomic E-state index is 0.102. The van der Waals surface area contributed by atoms with E-state index in [9.17, 15) is 46.9 Å². The van der Waals surface area contributed by atoms with E-state index in [0.29, 0.717) is 0 Å². The summed E-state index contributed by atoms with van der Waals surface area (Å²) in [5.74, 6) is -1.35. The smallest absolute Gasteiger partial charge is 0.390 e. The number of benzene rings is 1. The molecule has 0 aromatic heterocycles. The summed E-state index contributed by atoms with van der Waals surface area (Å²) in [4.78, 5) is 19.6. The molecule has 0 radical (unpaired) electrons. The molecule has 14 heteroatoms. The van der Waals surface area contributed by atoms with Crippen LogP contribution in [0.1, 0.15) is 5.56 Å². The number of halogens is 3. The molecule has 25 heavy (non-hydrogen) atoms. The fourth-order valence-corrected chi connectivity index (χ4v) is 4.10. The molecule has 138 valence electrons. The van der Waals surface area contributed by atoms with Crippen molar-refractivity contribution < 1.29 is 36.5 Å². The average Bonchev–Trinajstić information content (AvgIpc) is 2.69. The first-order chi connectivity index (χ1) is 11.3. The topological polar surface area (TPSA) is 153 Å². The minimum atomic E-state index is -5.07. The highest BCUT2D eigenvalue weighted by molar-refractivity contribution is 7.91. The average molecular weight is 385 g/mol. The second-order valence-electron chi connectivity index (χ2n) is 5.30. The van der Waals surface area contributed by atoms with Gasteiger partial charge in [-0.2, -0.15) is 13.2 Å². The van der Waals surface area contributed by atoms with Crippen molar-refractivity contribution in [2.45, 2.75) is 18.3 Å². The third-order valence-electron chi connectivity index (χ3n) is 3.47. The molecule has 0 aliphatic carbocycles. The van der Waals surface area contributed by atoms with Crippen molar-refractivity contribution in [1.82, 2.24) is 0 Å². The number of nitro benzene ring substituents is 2.